The van der Waals surface area contributed by atoms with Crippen LogP contribution in [0, 0.1) is 0 Å². The number of fused-ring (bicyclic) bond motifs is 1. The van der Waals surface area contributed by atoms with Gasteiger partial charge in [0.05, 0.1) is 33.0 Å². The molecule has 3 fully saturated rings. The van der Waals surface area contributed by atoms with Crippen LogP contribution in [0.4, 0.5) is 9.59 Å². The van der Waals surface area contributed by atoms with Crippen molar-refractivity contribution < 1.29 is 66.4 Å². The normalized spacial score (nSPS) is 28.1. The summed E-state index contributed by atoms with van der Waals surface area (Å²) in [6.07, 6.45) is -11.6. The molecule has 3 aliphatic rings. The maximum Gasteiger partial charge on any atom is 0.508 e. The Balaban J connectivity index is 1.32. The number of alkyl carbamates (subject to hydrolysis) is 1. The van der Waals surface area contributed by atoms with Crippen molar-refractivity contribution in [3.8, 4) is 0 Å². The second-order valence-corrected chi connectivity index (χ2v) is 20.4. The van der Waals surface area contributed by atoms with Gasteiger partial charge in [0.25, 0.3) is 0 Å². The molecule has 3 aromatic rings. The molecule has 3 aromatic carbocycles. The Labute approximate surface area is 401 Å². The zero-order valence-electron chi connectivity index (χ0n) is 34.9. The Kier molecular flexibility index (Phi) is 18.8. The lowest BCUT2D eigenvalue weighted by molar-refractivity contribution is -0.374. The summed E-state index contributed by atoms with van der Waals surface area (Å²) in [5.74, 6) is -1.19. The molecule has 21 heteroatoms. The highest BCUT2D eigenvalue weighted by Gasteiger charge is 2.56. The largest absolute Gasteiger partial charge is 0.508 e. The van der Waals surface area contributed by atoms with Crippen molar-refractivity contribution in [1.82, 2.24) is 5.32 Å². The third kappa shape index (κ3) is 15.6. The number of carbonyl (C=O) groups excluding carboxylic acids is 2. The quantitative estimate of drug-likeness (QED) is 0.102. The summed E-state index contributed by atoms with van der Waals surface area (Å²) in [6, 6.07) is 27.4. The molecule has 352 valence electrons. The number of halogens is 6. The van der Waals surface area contributed by atoms with Crippen LogP contribution in [0.3, 0.4) is 0 Å². The molecule has 10 atom stereocenters. The summed E-state index contributed by atoms with van der Waals surface area (Å²) < 4.78 is 69.7. The predicted molar refractivity (Wildman–Crippen MR) is 235 cm³/mol. The van der Waals surface area contributed by atoms with Crippen molar-refractivity contribution >= 4 is 81.9 Å². The Hall–Kier alpha value is -2.42. The molecule has 1 N–H and O–H groups in total. The fraction of sp³-hybridized carbons (Fsp3) is 0.535. The van der Waals surface area contributed by atoms with E-state index in [4.69, 9.17) is 126 Å². The minimum Gasteiger partial charge on any atom is -0.445 e. The standard InChI is InChI=1S/C43H49Cl6NO14/c1-41(2)60-23-30-33(64-41)34(63-40(52)59-25-43(47,48)49)31(50-39(51)58-24-42(44,45)46)37(61-30)57-22-29-32(54-19-26-13-7-4-8-14-26)35(55-20-27-15-9-5-10-16-27)36(38(53-3)62-29)56-21-28-17-11-6-12-18-28/h4-18,29-38H,19-25H2,1-3H3,(H,50,51)/t29-,30-,31-,32-,33-,34-,35+,36-,37-,38+/m1/s1. The third-order valence-corrected chi connectivity index (χ3v) is 10.7. The average Bonchev–Trinajstić information content (AvgIpc) is 3.26. The van der Waals surface area contributed by atoms with Gasteiger partial charge >= 0.3 is 12.2 Å². The maximum atomic E-state index is 13.4. The first-order chi connectivity index (χ1) is 30.5. The van der Waals surface area contributed by atoms with Gasteiger partial charge in [0.2, 0.25) is 7.59 Å². The van der Waals surface area contributed by atoms with E-state index in [0.29, 0.717) is 0 Å². The molecule has 6 rings (SSSR count). The molecule has 0 unspecified atom stereocenters. The van der Waals surface area contributed by atoms with Gasteiger partial charge in [-0.15, -0.1) is 0 Å². The summed E-state index contributed by atoms with van der Waals surface area (Å²) in [5.41, 5.74) is 2.69. The Morgan fingerprint density at radius 2 is 1.19 bits per heavy atom. The number of methoxy groups -OCH3 is 1. The highest BCUT2D eigenvalue weighted by atomic mass is 35.6. The zero-order chi connectivity index (χ0) is 45.9. The highest BCUT2D eigenvalue weighted by Crippen LogP contribution is 2.37. The lowest BCUT2D eigenvalue weighted by Gasteiger charge is -2.51. The van der Waals surface area contributed by atoms with E-state index in [-0.39, 0.29) is 33.0 Å². The van der Waals surface area contributed by atoms with Gasteiger partial charge in [-0.05, 0) is 30.5 Å². The first-order valence-corrected chi connectivity index (χ1v) is 22.4. The van der Waals surface area contributed by atoms with Crippen molar-refractivity contribution in [1.29, 1.82) is 0 Å². The minimum atomic E-state index is -1.97. The molecule has 1 amide bonds. The predicted octanol–water partition coefficient (Wildman–Crippen LogP) is 8.36. The fourth-order valence-corrected chi connectivity index (χ4v) is 7.46. The molecule has 3 heterocycles. The van der Waals surface area contributed by atoms with Crippen LogP contribution in [0.15, 0.2) is 91.0 Å². The van der Waals surface area contributed by atoms with Crippen LogP contribution in [-0.2, 0) is 76.7 Å². The summed E-state index contributed by atoms with van der Waals surface area (Å²) in [7, 11) is 1.49. The molecular weight excluding hydrogens is 967 g/mol. The number of hydrogen-bond acceptors (Lipinski definition) is 14. The lowest BCUT2D eigenvalue weighted by Crippen LogP contribution is -2.70. The van der Waals surface area contributed by atoms with Gasteiger partial charge in [0.15, 0.2) is 24.5 Å². The van der Waals surface area contributed by atoms with Gasteiger partial charge in [-0.2, -0.15) is 0 Å². The molecule has 0 spiro atoms. The summed E-state index contributed by atoms with van der Waals surface area (Å²) in [4.78, 5) is 26.6. The minimum absolute atomic E-state index is 0.0463. The molecule has 15 nitrogen and oxygen atoms in total. The third-order valence-electron chi connectivity index (χ3n) is 10.0. The van der Waals surface area contributed by atoms with Crippen molar-refractivity contribution in [3.63, 3.8) is 0 Å². The number of ether oxygens (including phenoxy) is 12. The number of amides is 1. The number of carbonyl (C=O) groups is 2. The van der Waals surface area contributed by atoms with Crippen LogP contribution in [0.2, 0.25) is 0 Å². The summed E-state index contributed by atoms with van der Waals surface area (Å²) >= 11 is 35.2. The van der Waals surface area contributed by atoms with Gasteiger partial charge in [-0.3, -0.25) is 0 Å². The van der Waals surface area contributed by atoms with E-state index in [2.05, 4.69) is 5.32 Å². The van der Waals surface area contributed by atoms with Gasteiger partial charge in [0.1, 0.15) is 55.9 Å². The molecule has 0 aromatic heterocycles. The Morgan fingerprint density at radius 1 is 0.672 bits per heavy atom. The lowest BCUT2D eigenvalue weighted by atomic mass is 9.95. The number of alkyl halides is 6. The Morgan fingerprint density at radius 3 is 1.72 bits per heavy atom. The molecule has 0 bridgehead atoms. The van der Waals surface area contributed by atoms with Crippen molar-refractivity contribution in [2.24, 2.45) is 0 Å². The van der Waals surface area contributed by atoms with Crippen molar-refractivity contribution in [2.45, 2.75) is 108 Å². The average molecular weight is 1020 g/mol. The van der Waals surface area contributed by atoms with Crippen LogP contribution < -0.4 is 5.32 Å². The van der Waals surface area contributed by atoms with E-state index in [1.54, 1.807) is 13.8 Å². The molecule has 0 saturated carbocycles. The molecule has 3 aliphatic heterocycles. The van der Waals surface area contributed by atoms with Gasteiger partial charge < -0.3 is 62.2 Å². The summed E-state index contributed by atoms with van der Waals surface area (Å²) in [5, 5.41) is 2.62. The number of benzene rings is 3. The number of hydrogen-bond donors (Lipinski definition) is 1. The van der Waals surface area contributed by atoms with Crippen LogP contribution in [0.1, 0.15) is 30.5 Å². The fourth-order valence-electron chi connectivity index (χ4n) is 7.13. The first kappa shape index (κ1) is 51.0. The van der Waals surface area contributed by atoms with Crippen LogP contribution >= 0.6 is 69.6 Å². The number of rotatable bonds is 17. The highest BCUT2D eigenvalue weighted by molar-refractivity contribution is 6.68. The molecule has 3 saturated heterocycles. The van der Waals surface area contributed by atoms with E-state index in [1.165, 1.54) is 7.11 Å². The molecular formula is C43H49Cl6NO14. The monoisotopic (exact) mass is 1010 g/mol. The Bertz CT molecular complexity index is 1900. The molecule has 64 heavy (non-hydrogen) atoms. The summed E-state index contributed by atoms with van der Waals surface area (Å²) in [6.45, 7) is 2.21. The van der Waals surface area contributed by atoms with Crippen molar-refractivity contribution in [2.75, 3.05) is 33.5 Å². The van der Waals surface area contributed by atoms with Crippen LogP contribution in [0.5, 0.6) is 0 Å². The van der Waals surface area contributed by atoms with Gasteiger partial charge in [-0.1, -0.05) is 161 Å². The van der Waals surface area contributed by atoms with E-state index < -0.39 is 100 Å². The number of nitrogens with one attached hydrogen (secondary N) is 1. The second kappa shape index (κ2) is 23.5. The SMILES string of the molecule is CO[C@H]1O[C@H](CO[C@@H]2O[C@@H]3COC(C)(C)O[C@H]3[C@H](OC(=O)OCC(Cl)(Cl)Cl)[C@H]2NC(=O)OCC(Cl)(Cl)Cl)[C@@H](OCc2ccccc2)[C@H](OCc2ccccc2)[C@H]1OCc1ccccc1. The van der Waals surface area contributed by atoms with Crippen LogP contribution in [-0.4, -0.2) is 121 Å². The van der Waals surface area contributed by atoms with Gasteiger partial charge in [0, 0.05) is 7.11 Å². The van der Waals surface area contributed by atoms with Crippen LogP contribution in [0.25, 0.3) is 0 Å². The topological polar surface area (TPSA) is 157 Å². The molecule has 0 radical (unpaired) electrons. The molecule has 0 aliphatic carbocycles. The van der Waals surface area contributed by atoms with Gasteiger partial charge in [-0.25, -0.2) is 9.59 Å². The first-order valence-electron chi connectivity index (χ1n) is 20.1. The smallest absolute Gasteiger partial charge is 0.445 e. The second-order valence-electron chi connectivity index (χ2n) is 15.3. The van der Waals surface area contributed by atoms with E-state index in [0.717, 1.165) is 16.7 Å². The maximum absolute atomic E-state index is 13.4. The zero-order valence-corrected chi connectivity index (χ0v) is 39.4. The van der Waals surface area contributed by atoms with E-state index in [1.807, 2.05) is 91.0 Å². The van der Waals surface area contributed by atoms with E-state index in [9.17, 15) is 9.59 Å². The van der Waals surface area contributed by atoms with E-state index >= 15 is 0 Å². The van der Waals surface area contributed by atoms with Crippen molar-refractivity contribution in [3.05, 3.63) is 108 Å².